The molecule has 1 aromatic rings. The monoisotopic (exact) mass is 326 g/mol. The Hall–Kier alpha value is -1.69. The largest absolute Gasteiger partial charge is 0.476 e. The van der Waals surface area contributed by atoms with E-state index in [1.165, 1.54) is 26.0 Å². The molecule has 0 aliphatic rings. The highest BCUT2D eigenvalue weighted by molar-refractivity contribution is 8.01. The number of hydrogen-bond acceptors (Lipinski definition) is 6. The van der Waals surface area contributed by atoms with E-state index in [4.69, 9.17) is 14.2 Å². The molecule has 1 aromatic carbocycles. The normalized spacial score (nSPS) is 11.7. The maximum atomic E-state index is 11.7. The van der Waals surface area contributed by atoms with Crippen molar-refractivity contribution < 1.29 is 23.8 Å². The molecule has 5 nitrogen and oxygen atoms in total. The number of benzene rings is 1. The van der Waals surface area contributed by atoms with Crippen LogP contribution in [0.15, 0.2) is 29.2 Å². The zero-order chi connectivity index (χ0) is 17.0. The number of methoxy groups -OCH3 is 2. The van der Waals surface area contributed by atoms with Gasteiger partial charge in [-0.05, 0) is 52.0 Å². The van der Waals surface area contributed by atoms with Gasteiger partial charge in [0, 0.05) is 4.90 Å². The predicted octanol–water partition coefficient (Wildman–Crippen LogP) is 3.06. The van der Waals surface area contributed by atoms with Crippen LogP contribution < -0.4 is 4.74 Å². The first-order valence-electron chi connectivity index (χ1n) is 6.77. The summed E-state index contributed by atoms with van der Waals surface area (Å²) in [6.07, 6.45) is 0. The van der Waals surface area contributed by atoms with Crippen LogP contribution in [0.25, 0.3) is 0 Å². The zero-order valence-electron chi connectivity index (χ0n) is 13.8. The van der Waals surface area contributed by atoms with Crippen molar-refractivity contribution in [2.45, 2.75) is 42.9 Å². The minimum Gasteiger partial charge on any atom is -0.476 e. The molecule has 1 rings (SSSR count). The molecule has 0 fully saturated rings. The van der Waals surface area contributed by atoms with Gasteiger partial charge in [0.05, 0.1) is 14.2 Å². The van der Waals surface area contributed by atoms with E-state index in [-0.39, 0.29) is 5.97 Å². The van der Waals surface area contributed by atoms with Gasteiger partial charge in [0.1, 0.15) is 10.5 Å². The van der Waals surface area contributed by atoms with Gasteiger partial charge in [-0.3, -0.25) is 4.79 Å². The number of rotatable bonds is 6. The van der Waals surface area contributed by atoms with Gasteiger partial charge in [-0.1, -0.05) is 0 Å². The van der Waals surface area contributed by atoms with Crippen molar-refractivity contribution in [1.82, 2.24) is 0 Å². The molecule has 0 N–H and O–H groups in total. The van der Waals surface area contributed by atoms with Crippen molar-refractivity contribution in [3.63, 3.8) is 0 Å². The molecule has 0 aliphatic carbocycles. The molecule has 0 radical (unpaired) electrons. The molecule has 6 heteroatoms. The Balaban J connectivity index is 2.79. The maximum Gasteiger partial charge on any atom is 0.349 e. The summed E-state index contributed by atoms with van der Waals surface area (Å²) in [5.41, 5.74) is -1.06. The number of esters is 2. The van der Waals surface area contributed by atoms with Crippen LogP contribution in [0.4, 0.5) is 0 Å². The molecule has 0 amide bonds. The van der Waals surface area contributed by atoms with E-state index in [0.717, 1.165) is 4.90 Å². The smallest absolute Gasteiger partial charge is 0.349 e. The van der Waals surface area contributed by atoms with Crippen LogP contribution >= 0.6 is 11.8 Å². The van der Waals surface area contributed by atoms with Crippen LogP contribution in [0.3, 0.4) is 0 Å². The Bertz CT molecular complexity index is 485. The molecule has 0 aromatic heterocycles. The summed E-state index contributed by atoms with van der Waals surface area (Å²) < 4.78 is 14.4. The predicted molar refractivity (Wildman–Crippen MR) is 85.1 cm³/mol. The summed E-state index contributed by atoms with van der Waals surface area (Å²) in [7, 11) is 2.69. The molecular formula is C16H22O5S. The number of thioether (sulfide) groups is 1. The fourth-order valence-electron chi connectivity index (χ4n) is 1.74. The summed E-state index contributed by atoms with van der Waals surface area (Å²) in [4.78, 5) is 24.2. The van der Waals surface area contributed by atoms with Gasteiger partial charge in [0.15, 0.2) is 5.60 Å². The Morgan fingerprint density at radius 2 is 1.41 bits per heavy atom. The average molecular weight is 326 g/mol. The van der Waals surface area contributed by atoms with E-state index in [0.29, 0.717) is 5.75 Å². The van der Waals surface area contributed by atoms with Crippen molar-refractivity contribution in [2.24, 2.45) is 0 Å². The highest BCUT2D eigenvalue weighted by Crippen LogP contribution is 2.34. The van der Waals surface area contributed by atoms with Gasteiger partial charge in [0.25, 0.3) is 0 Å². The molecule has 22 heavy (non-hydrogen) atoms. The fourth-order valence-corrected chi connectivity index (χ4v) is 2.77. The van der Waals surface area contributed by atoms with Crippen LogP contribution in [-0.2, 0) is 19.1 Å². The lowest BCUT2D eigenvalue weighted by Gasteiger charge is -2.24. The second-order valence-electron chi connectivity index (χ2n) is 5.68. The molecule has 0 saturated carbocycles. The lowest BCUT2D eigenvalue weighted by atomic mass is 10.1. The number of carbonyl (C=O) groups is 2. The molecular weight excluding hydrogens is 304 g/mol. The third-order valence-corrected chi connectivity index (χ3v) is 4.11. The molecule has 0 heterocycles. The summed E-state index contributed by atoms with van der Waals surface area (Å²) >= 11 is 1.39. The molecule has 0 spiro atoms. The highest BCUT2D eigenvalue weighted by Gasteiger charge is 2.32. The Labute approximate surface area is 135 Å². The summed E-state index contributed by atoms with van der Waals surface area (Å²) in [6.45, 7) is 6.88. The van der Waals surface area contributed by atoms with Crippen molar-refractivity contribution >= 4 is 23.7 Å². The van der Waals surface area contributed by atoms with Crippen LogP contribution in [0, 0.1) is 0 Å². The van der Waals surface area contributed by atoms with E-state index in [2.05, 4.69) is 0 Å². The molecule has 0 saturated heterocycles. The van der Waals surface area contributed by atoms with Gasteiger partial charge in [-0.2, -0.15) is 0 Å². The first-order valence-corrected chi connectivity index (χ1v) is 7.59. The number of carbonyl (C=O) groups excluding carboxylic acids is 2. The van der Waals surface area contributed by atoms with Gasteiger partial charge >= 0.3 is 11.9 Å². The lowest BCUT2D eigenvalue weighted by Crippen LogP contribution is -2.39. The van der Waals surface area contributed by atoms with Crippen LogP contribution in [0.1, 0.15) is 27.7 Å². The topological polar surface area (TPSA) is 61.8 Å². The first-order chi connectivity index (χ1) is 10.1. The number of ether oxygens (including phenoxy) is 3. The highest BCUT2D eigenvalue weighted by atomic mass is 32.2. The Morgan fingerprint density at radius 3 is 1.86 bits per heavy atom. The van der Waals surface area contributed by atoms with Crippen LogP contribution in [-0.4, -0.2) is 36.5 Å². The molecule has 122 valence electrons. The van der Waals surface area contributed by atoms with E-state index in [9.17, 15) is 9.59 Å². The molecule has 0 bridgehead atoms. The summed E-state index contributed by atoms with van der Waals surface area (Å²) in [6, 6.07) is 7.16. The summed E-state index contributed by atoms with van der Waals surface area (Å²) in [5, 5.41) is 0. The first kappa shape index (κ1) is 18.4. The molecule has 0 aliphatic heterocycles. The van der Waals surface area contributed by atoms with Crippen LogP contribution in [0.2, 0.25) is 0 Å². The van der Waals surface area contributed by atoms with Crippen molar-refractivity contribution in [2.75, 3.05) is 14.2 Å². The lowest BCUT2D eigenvalue weighted by molar-refractivity contribution is -0.156. The van der Waals surface area contributed by atoms with Crippen LogP contribution in [0.5, 0.6) is 5.75 Å². The van der Waals surface area contributed by atoms with E-state index < -0.39 is 16.3 Å². The van der Waals surface area contributed by atoms with E-state index in [1.807, 2.05) is 12.1 Å². The van der Waals surface area contributed by atoms with Gasteiger partial charge < -0.3 is 14.2 Å². The maximum absolute atomic E-state index is 11.7. The second kappa shape index (κ2) is 7.05. The second-order valence-corrected chi connectivity index (χ2v) is 7.38. The third-order valence-electron chi connectivity index (χ3n) is 2.92. The van der Waals surface area contributed by atoms with Gasteiger partial charge in [-0.25, -0.2) is 4.79 Å². The zero-order valence-corrected chi connectivity index (χ0v) is 14.6. The minimum absolute atomic E-state index is 0.287. The fraction of sp³-hybridized carbons (Fsp3) is 0.500. The van der Waals surface area contributed by atoms with Gasteiger partial charge in [-0.15, -0.1) is 11.8 Å². The summed E-state index contributed by atoms with van der Waals surface area (Å²) in [5.74, 6) is -0.182. The van der Waals surface area contributed by atoms with Crippen molar-refractivity contribution in [1.29, 1.82) is 0 Å². The standard InChI is InChI=1S/C16H22O5S/c1-15(2,13(17)19-5)21-11-7-9-12(10-8-11)22-16(3,4)14(18)20-6/h7-10H,1-6H3. The van der Waals surface area contributed by atoms with Crippen molar-refractivity contribution in [3.8, 4) is 5.75 Å². The van der Waals surface area contributed by atoms with Gasteiger partial charge in [0.2, 0.25) is 0 Å². The third kappa shape index (κ3) is 4.66. The molecule has 0 unspecified atom stereocenters. The SMILES string of the molecule is COC(=O)C(C)(C)Oc1ccc(SC(C)(C)C(=O)OC)cc1. The minimum atomic E-state index is -1.06. The van der Waals surface area contributed by atoms with E-state index >= 15 is 0 Å². The quantitative estimate of drug-likeness (QED) is 0.591. The Morgan fingerprint density at radius 1 is 0.909 bits per heavy atom. The Kier molecular flexibility index (Phi) is 5.88. The average Bonchev–Trinajstić information content (AvgIpc) is 2.46. The molecule has 0 atom stereocenters. The van der Waals surface area contributed by atoms with E-state index in [1.54, 1.807) is 39.8 Å². The van der Waals surface area contributed by atoms with Crippen molar-refractivity contribution in [3.05, 3.63) is 24.3 Å². The number of hydrogen-bond donors (Lipinski definition) is 0.